The number of carbonyl (C=O) groups excluding carboxylic acids is 1. The van der Waals surface area contributed by atoms with Crippen LogP contribution in [0.15, 0.2) is 73.2 Å². The summed E-state index contributed by atoms with van der Waals surface area (Å²) >= 11 is 0. The van der Waals surface area contributed by atoms with Crippen molar-refractivity contribution in [1.82, 2.24) is 14.4 Å². The van der Waals surface area contributed by atoms with E-state index in [9.17, 15) is 9.18 Å². The van der Waals surface area contributed by atoms with Crippen molar-refractivity contribution in [3.8, 4) is 11.3 Å². The van der Waals surface area contributed by atoms with Gasteiger partial charge in [0, 0.05) is 29.8 Å². The highest BCUT2D eigenvalue weighted by atomic mass is 19.1. The Bertz CT molecular complexity index is 1150. The molecule has 0 bridgehead atoms. The summed E-state index contributed by atoms with van der Waals surface area (Å²) in [4.78, 5) is 21.7. The van der Waals surface area contributed by atoms with Crippen molar-refractivity contribution >= 4 is 17.4 Å². The van der Waals surface area contributed by atoms with Gasteiger partial charge < -0.3 is 5.32 Å². The molecule has 4 aromatic rings. The fourth-order valence-corrected chi connectivity index (χ4v) is 3.52. The van der Waals surface area contributed by atoms with Gasteiger partial charge in [-0.1, -0.05) is 24.3 Å². The minimum absolute atomic E-state index is 0.0621. The molecule has 5 rings (SSSR count). The summed E-state index contributed by atoms with van der Waals surface area (Å²) in [7, 11) is 0. The Labute approximate surface area is 160 Å². The lowest BCUT2D eigenvalue weighted by Crippen LogP contribution is -2.27. The second kappa shape index (κ2) is 6.27. The molecular weight excluding hydrogens is 355 g/mol. The van der Waals surface area contributed by atoms with Crippen LogP contribution in [0, 0.1) is 5.82 Å². The molecule has 0 saturated heterocycles. The van der Waals surface area contributed by atoms with Crippen molar-refractivity contribution in [2.75, 3.05) is 5.32 Å². The largest absolute Gasteiger partial charge is 0.325 e. The molecule has 1 N–H and O–H groups in total. The summed E-state index contributed by atoms with van der Waals surface area (Å²) in [6.45, 7) is 0. The normalized spacial score (nSPS) is 14.8. The number of benzene rings is 2. The van der Waals surface area contributed by atoms with Crippen LogP contribution in [0.5, 0.6) is 0 Å². The van der Waals surface area contributed by atoms with E-state index in [-0.39, 0.29) is 11.7 Å². The zero-order chi connectivity index (χ0) is 19.1. The van der Waals surface area contributed by atoms with E-state index in [2.05, 4.69) is 15.3 Å². The number of nitrogens with one attached hydrogen (secondary N) is 1. The van der Waals surface area contributed by atoms with Gasteiger partial charge in [-0.25, -0.2) is 14.4 Å². The van der Waals surface area contributed by atoms with Crippen LogP contribution in [0.4, 0.5) is 10.1 Å². The number of rotatable bonds is 4. The Balaban J connectivity index is 1.41. The van der Waals surface area contributed by atoms with Crippen LogP contribution in [-0.4, -0.2) is 20.3 Å². The third-order valence-electron chi connectivity index (χ3n) is 5.23. The third kappa shape index (κ3) is 2.83. The van der Waals surface area contributed by atoms with Crippen molar-refractivity contribution in [3.63, 3.8) is 0 Å². The zero-order valence-electron chi connectivity index (χ0n) is 15.0. The van der Waals surface area contributed by atoms with E-state index in [1.165, 1.54) is 12.1 Å². The summed E-state index contributed by atoms with van der Waals surface area (Å²) in [6, 6.07) is 15.6. The third-order valence-corrected chi connectivity index (χ3v) is 5.23. The molecule has 1 fully saturated rings. The zero-order valence-corrected chi connectivity index (χ0v) is 15.0. The van der Waals surface area contributed by atoms with E-state index in [0.29, 0.717) is 11.5 Å². The highest BCUT2D eigenvalue weighted by molar-refractivity contribution is 6.01. The van der Waals surface area contributed by atoms with Gasteiger partial charge in [-0.15, -0.1) is 0 Å². The quantitative estimate of drug-likeness (QED) is 0.584. The number of hydrogen-bond acceptors (Lipinski definition) is 3. The minimum Gasteiger partial charge on any atom is -0.325 e. The first-order valence-electron chi connectivity index (χ1n) is 9.12. The van der Waals surface area contributed by atoms with E-state index >= 15 is 0 Å². The first kappa shape index (κ1) is 16.6. The summed E-state index contributed by atoms with van der Waals surface area (Å²) in [6.07, 6.45) is 7.03. The number of nitrogens with zero attached hydrogens (tertiary/aromatic N) is 3. The van der Waals surface area contributed by atoms with Crippen molar-refractivity contribution in [3.05, 3.63) is 84.6 Å². The van der Waals surface area contributed by atoms with E-state index in [1.54, 1.807) is 18.3 Å². The SMILES string of the molecule is O=C(Nc1cccc(-c2cn3cccnc3n2)c1)C1(c2ccc(F)cc2)CC1. The second-order valence-electron chi connectivity index (χ2n) is 7.08. The topological polar surface area (TPSA) is 59.3 Å². The van der Waals surface area contributed by atoms with Gasteiger partial charge in [0.25, 0.3) is 0 Å². The van der Waals surface area contributed by atoms with Gasteiger partial charge in [-0.3, -0.25) is 9.20 Å². The van der Waals surface area contributed by atoms with E-state index in [4.69, 9.17) is 0 Å². The fraction of sp³-hybridized carbons (Fsp3) is 0.136. The van der Waals surface area contributed by atoms with Gasteiger partial charge in [0.2, 0.25) is 11.7 Å². The van der Waals surface area contributed by atoms with Crippen LogP contribution in [0.1, 0.15) is 18.4 Å². The molecule has 2 aromatic carbocycles. The van der Waals surface area contributed by atoms with Crippen LogP contribution in [0.3, 0.4) is 0 Å². The number of halogens is 1. The van der Waals surface area contributed by atoms with Crippen LogP contribution >= 0.6 is 0 Å². The maximum atomic E-state index is 13.2. The summed E-state index contributed by atoms with van der Waals surface area (Å²) in [5.74, 6) is 0.266. The molecule has 1 amide bonds. The minimum atomic E-state index is -0.559. The van der Waals surface area contributed by atoms with Gasteiger partial charge in [-0.05, 0) is 48.7 Å². The molecule has 6 heteroatoms. The molecule has 0 spiro atoms. The fourth-order valence-electron chi connectivity index (χ4n) is 3.52. The van der Waals surface area contributed by atoms with Crippen LogP contribution in [0.25, 0.3) is 17.0 Å². The van der Waals surface area contributed by atoms with E-state index < -0.39 is 5.41 Å². The molecule has 2 heterocycles. The number of hydrogen-bond donors (Lipinski definition) is 1. The van der Waals surface area contributed by atoms with Crippen molar-refractivity contribution in [2.24, 2.45) is 0 Å². The smallest absolute Gasteiger partial charge is 0.235 e. The molecule has 5 nitrogen and oxygen atoms in total. The maximum Gasteiger partial charge on any atom is 0.235 e. The molecule has 138 valence electrons. The lowest BCUT2D eigenvalue weighted by molar-refractivity contribution is -0.118. The predicted molar refractivity (Wildman–Crippen MR) is 104 cm³/mol. The molecule has 2 aromatic heterocycles. The number of amides is 1. The molecular formula is C22H17FN4O. The Hall–Kier alpha value is -3.54. The lowest BCUT2D eigenvalue weighted by atomic mass is 9.95. The van der Waals surface area contributed by atoms with Crippen molar-refractivity contribution < 1.29 is 9.18 Å². The second-order valence-corrected chi connectivity index (χ2v) is 7.08. The predicted octanol–water partition coefficient (Wildman–Crippen LogP) is 4.21. The van der Waals surface area contributed by atoms with Gasteiger partial charge in [0.05, 0.1) is 11.1 Å². The Morgan fingerprint density at radius 1 is 1.11 bits per heavy atom. The van der Waals surface area contributed by atoms with Gasteiger partial charge >= 0.3 is 0 Å². The van der Waals surface area contributed by atoms with E-state index in [1.807, 2.05) is 47.1 Å². The number of anilines is 1. The molecule has 1 aliphatic carbocycles. The van der Waals surface area contributed by atoms with Crippen LogP contribution < -0.4 is 5.32 Å². The average Bonchev–Trinajstić information content (AvgIpc) is 3.41. The van der Waals surface area contributed by atoms with Crippen LogP contribution in [-0.2, 0) is 10.2 Å². The van der Waals surface area contributed by atoms with Gasteiger partial charge in [0.1, 0.15) is 5.82 Å². The van der Waals surface area contributed by atoms with Crippen molar-refractivity contribution in [2.45, 2.75) is 18.3 Å². The Morgan fingerprint density at radius 3 is 2.68 bits per heavy atom. The lowest BCUT2D eigenvalue weighted by Gasteiger charge is -2.16. The number of carbonyl (C=O) groups is 1. The molecule has 0 aliphatic heterocycles. The van der Waals surface area contributed by atoms with Gasteiger partial charge in [0.15, 0.2) is 0 Å². The summed E-state index contributed by atoms with van der Waals surface area (Å²) in [5, 5.41) is 3.02. The molecule has 0 unspecified atom stereocenters. The van der Waals surface area contributed by atoms with E-state index in [0.717, 1.165) is 29.7 Å². The van der Waals surface area contributed by atoms with Crippen LogP contribution in [0.2, 0.25) is 0 Å². The van der Waals surface area contributed by atoms with Crippen molar-refractivity contribution in [1.29, 1.82) is 0 Å². The molecule has 0 radical (unpaired) electrons. The molecule has 0 atom stereocenters. The Kier molecular flexibility index (Phi) is 3.72. The number of imidazole rings is 1. The highest BCUT2D eigenvalue weighted by Crippen LogP contribution is 2.49. The highest BCUT2D eigenvalue weighted by Gasteiger charge is 2.51. The standard InChI is InChI=1S/C22H17FN4O/c23-17-7-5-16(6-8-17)22(9-10-22)20(28)25-18-4-1-3-15(13-18)19-14-27-12-2-11-24-21(27)26-19/h1-8,11-14H,9-10H2,(H,25,28). The number of aromatic nitrogens is 3. The average molecular weight is 372 g/mol. The number of fused-ring (bicyclic) bond motifs is 1. The first-order chi connectivity index (χ1) is 13.6. The molecule has 28 heavy (non-hydrogen) atoms. The molecule has 1 aliphatic rings. The monoisotopic (exact) mass is 372 g/mol. The maximum absolute atomic E-state index is 13.2. The van der Waals surface area contributed by atoms with Gasteiger partial charge in [-0.2, -0.15) is 0 Å². The Morgan fingerprint density at radius 2 is 1.93 bits per heavy atom. The summed E-state index contributed by atoms with van der Waals surface area (Å²) in [5.41, 5.74) is 2.69. The molecule has 1 saturated carbocycles. The first-order valence-corrected chi connectivity index (χ1v) is 9.12. The summed E-state index contributed by atoms with van der Waals surface area (Å²) < 4.78 is 15.1.